The van der Waals surface area contributed by atoms with Crippen LogP contribution in [0.4, 0.5) is 0 Å². The van der Waals surface area contributed by atoms with Crippen molar-refractivity contribution in [3.05, 3.63) is 70.7 Å². The molecule has 1 fully saturated rings. The molecule has 3 heteroatoms. The monoisotopic (exact) mass is 314 g/mol. The predicted octanol–water partition coefficient (Wildman–Crippen LogP) is 4.40. The lowest BCUT2D eigenvalue weighted by Crippen LogP contribution is -2.35. The van der Waals surface area contributed by atoms with Crippen LogP contribution in [0.1, 0.15) is 24.0 Å². The maximum atomic E-state index is 5.99. The normalized spacial score (nSPS) is 15.5. The highest BCUT2D eigenvalue weighted by Crippen LogP contribution is 2.16. The van der Waals surface area contributed by atoms with Gasteiger partial charge >= 0.3 is 0 Å². The second-order valence-corrected chi connectivity index (χ2v) is 6.50. The largest absolute Gasteiger partial charge is 0.290 e. The molecule has 22 heavy (non-hydrogen) atoms. The number of likely N-dealkylation sites (tertiary alicyclic amines) is 1. The second kappa shape index (κ2) is 7.77. The Labute approximate surface area is 138 Å². The minimum absolute atomic E-state index is 0.804. The van der Waals surface area contributed by atoms with Crippen LogP contribution in [-0.2, 0) is 13.1 Å². The van der Waals surface area contributed by atoms with Crippen molar-refractivity contribution in [1.29, 1.82) is 0 Å². The first-order chi connectivity index (χ1) is 10.8. The summed E-state index contributed by atoms with van der Waals surface area (Å²) in [6.07, 6.45) is 2.67. The van der Waals surface area contributed by atoms with Crippen molar-refractivity contribution in [3.63, 3.8) is 0 Å². The van der Waals surface area contributed by atoms with Crippen molar-refractivity contribution >= 4 is 11.6 Å². The van der Waals surface area contributed by atoms with E-state index in [1.807, 2.05) is 12.1 Å². The molecule has 116 valence electrons. The molecule has 0 atom stereocenters. The van der Waals surface area contributed by atoms with Crippen LogP contribution in [0.15, 0.2) is 54.6 Å². The summed E-state index contributed by atoms with van der Waals surface area (Å²) >= 11 is 5.99. The lowest BCUT2D eigenvalue weighted by molar-refractivity contribution is 0.140. The van der Waals surface area contributed by atoms with E-state index in [1.165, 1.54) is 37.1 Å². The highest BCUT2D eigenvalue weighted by Gasteiger charge is 2.16. The lowest BCUT2D eigenvalue weighted by Gasteiger charge is -2.28. The van der Waals surface area contributed by atoms with Gasteiger partial charge in [0.2, 0.25) is 0 Å². The Balaban J connectivity index is 1.68. The van der Waals surface area contributed by atoms with Crippen LogP contribution in [0.5, 0.6) is 0 Å². The van der Waals surface area contributed by atoms with Gasteiger partial charge in [0.05, 0.1) is 6.67 Å². The molecule has 1 aliphatic heterocycles. The topological polar surface area (TPSA) is 6.48 Å². The van der Waals surface area contributed by atoms with Crippen molar-refractivity contribution in [2.75, 3.05) is 19.8 Å². The number of halogens is 1. The number of hydrogen-bond donors (Lipinski definition) is 0. The summed E-state index contributed by atoms with van der Waals surface area (Å²) in [5.74, 6) is 0. The zero-order valence-corrected chi connectivity index (χ0v) is 13.7. The molecule has 0 saturated carbocycles. The Kier molecular flexibility index (Phi) is 5.49. The van der Waals surface area contributed by atoms with Crippen LogP contribution in [0.2, 0.25) is 5.02 Å². The van der Waals surface area contributed by atoms with Gasteiger partial charge in [-0.2, -0.15) is 0 Å². The quantitative estimate of drug-likeness (QED) is 0.780. The van der Waals surface area contributed by atoms with Gasteiger partial charge in [-0.05, 0) is 49.2 Å². The Morgan fingerprint density at radius 2 is 1.41 bits per heavy atom. The van der Waals surface area contributed by atoms with Crippen LogP contribution >= 0.6 is 11.6 Å². The first kappa shape index (κ1) is 15.5. The third-order valence-corrected chi connectivity index (χ3v) is 4.42. The summed E-state index contributed by atoms with van der Waals surface area (Å²) in [4.78, 5) is 5.07. The molecule has 2 aromatic carbocycles. The molecule has 2 nitrogen and oxygen atoms in total. The number of rotatable bonds is 6. The maximum Gasteiger partial charge on any atom is 0.0512 e. The fourth-order valence-corrected chi connectivity index (χ4v) is 3.18. The third-order valence-electron chi connectivity index (χ3n) is 4.17. The van der Waals surface area contributed by atoms with Crippen molar-refractivity contribution < 1.29 is 0 Å². The van der Waals surface area contributed by atoms with Gasteiger partial charge in [0.1, 0.15) is 0 Å². The van der Waals surface area contributed by atoms with Crippen molar-refractivity contribution in [3.8, 4) is 0 Å². The van der Waals surface area contributed by atoms with Crippen LogP contribution in [-0.4, -0.2) is 29.6 Å². The smallest absolute Gasteiger partial charge is 0.0512 e. The Bertz CT molecular complexity index is 562. The van der Waals surface area contributed by atoms with Gasteiger partial charge in [-0.3, -0.25) is 9.80 Å². The first-order valence-corrected chi connectivity index (χ1v) is 8.40. The number of benzene rings is 2. The average molecular weight is 315 g/mol. The Hall–Kier alpha value is -1.35. The van der Waals surface area contributed by atoms with Crippen molar-refractivity contribution in [1.82, 2.24) is 9.80 Å². The highest BCUT2D eigenvalue weighted by atomic mass is 35.5. The molecule has 1 saturated heterocycles. The number of nitrogens with zero attached hydrogens (tertiary/aromatic N) is 2. The van der Waals surface area contributed by atoms with E-state index in [-0.39, 0.29) is 0 Å². The summed E-state index contributed by atoms with van der Waals surface area (Å²) < 4.78 is 0. The van der Waals surface area contributed by atoms with Crippen LogP contribution in [0, 0.1) is 0 Å². The maximum absolute atomic E-state index is 5.99. The summed E-state index contributed by atoms with van der Waals surface area (Å²) in [5.41, 5.74) is 2.69. The molecule has 0 bridgehead atoms. The van der Waals surface area contributed by atoms with Gasteiger partial charge in [0.15, 0.2) is 0 Å². The Morgan fingerprint density at radius 1 is 0.818 bits per heavy atom. The molecular formula is C19H23ClN2. The van der Waals surface area contributed by atoms with E-state index in [4.69, 9.17) is 11.6 Å². The standard InChI is InChI=1S/C19H23ClN2/c20-19-10-8-18(9-11-19)15-22(16-21-12-4-5-13-21)14-17-6-2-1-3-7-17/h1-3,6-11H,4-5,12-16H2. The molecule has 0 amide bonds. The van der Waals surface area contributed by atoms with E-state index in [2.05, 4.69) is 52.3 Å². The van der Waals surface area contributed by atoms with E-state index < -0.39 is 0 Å². The summed E-state index contributed by atoms with van der Waals surface area (Å²) in [5, 5.41) is 0.804. The molecule has 1 heterocycles. The SMILES string of the molecule is Clc1ccc(CN(Cc2ccccc2)CN2CCCC2)cc1. The van der Waals surface area contributed by atoms with Crippen LogP contribution < -0.4 is 0 Å². The van der Waals surface area contributed by atoms with E-state index >= 15 is 0 Å². The average Bonchev–Trinajstić information content (AvgIpc) is 3.03. The second-order valence-electron chi connectivity index (χ2n) is 6.07. The molecule has 0 aliphatic carbocycles. The molecule has 0 unspecified atom stereocenters. The van der Waals surface area contributed by atoms with E-state index in [1.54, 1.807) is 0 Å². The van der Waals surface area contributed by atoms with Gasteiger partial charge in [-0.1, -0.05) is 54.1 Å². The zero-order valence-electron chi connectivity index (χ0n) is 12.9. The zero-order chi connectivity index (χ0) is 15.2. The molecule has 3 rings (SSSR count). The fourth-order valence-electron chi connectivity index (χ4n) is 3.05. The first-order valence-electron chi connectivity index (χ1n) is 8.03. The van der Waals surface area contributed by atoms with Gasteiger partial charge in [0.25, 0.3) is 0 Å². The summed E-state index contributed by atoms with van der Waals surface area (Å²) in [7, 11) is 0. The minimum atomic E-state index is 0.804. The van der Waals surface area contributed by atoms with Gasteiger partial charge < -0.3 is 0 Å². The fraction of sp³-hybridized carbons (Fsp3) is 0.368. The third kappa shape index (κ3) is 4.57. The number of hydrogen-bond acceptors (Lipinski definition) is 2. The molecule has 2 aromatic rings. The van der Waals surface area contributed by atoms with E-state index in [9.17, 15) is 0 Å². The van der Waals surface area contributed by atoms with Gasteiger partial charge in [-0.25, -0.2) is 0 Å². The van der Waals surface area contributed by atoms with Crippen LogP contribution in [0.3, 0.4) is 0 Å². The summed E-state index contributed by atoms with van der Waals surface area (Å²) in [6.45, 7) is 5.44. The van der Waals surface area contributed by atoms with Crippen molar-refractivity contribution in [2.24, 2.45) is 0 Å². The molecule has 0 N–H and O–H groups in total. The molecule has 0 radical (unpaired) electrons. The minimum Gasteiger partial charge on any atom is -0.290 e. The molecule has 0 spiro atoms. The molecule has 0 aromatic heterocycles. The van der Waals surface area contributed by atoms with E-state index in [0.717, 1.165) is 24.8 Å². The Morgan fingerprint density at radius 3 is 2.05 bits per heavy atom. The molecule has 1 aliphatic rings. The van der Waals surface area contributed by atoms with E-state index in [0.29, 0.717) is 0 Å². The summed E-state index contributed by atoms with van der Waals surface area (Å²) in [6, 6.07) is 18.9. The molecular weight excluding hydrogens is 292 g/mol. The van der Waals surface area contributed by atoms with Crippen LogP contribution in [0.25, 0.3) is 0 Å². The predicted molar refractivity (Wildman–Crippen MR) is 92.8 cm³/mol. The van der Waals surface area contributed by atoms with Gasteiger partial charge in [-0.15, -0.1) is 0 Å². The lowest BCUT2D eigenvalue weighted by atomic mass is 10.2. The highest BCUT2D eigenvalue weighted by molar-refractivity contribution is 6.30. The van der Waals surface area contributed by atoms with Crippen molar-refractivity contribution in [2.45, 2.75) is 25.9 Å². The van der Waals surface area contributed by atoms with Gasteiger partial charge in [0, 0.05) is 18.1 Å².